The lowest BCUT2D eigenvalue weighted by atomic mass is 10.00. The second-order valence-electron chi connectivity index (χ2n) is 5.41. The van der Waals surface area contributed by atoms with E-state index >= 15 is 0 Å². The first kappa shape index (κ1) is 20.1. The van der Waals surface area contributed by atoms with Crippen LogP contribution in [0.4, 0.5) is 5.69 Å². The zero-order chi connectivity index (χ0) is 16.5. The molecule has 2 atom stereocenters. The summed E-state index contributed by atoms with van der Waals surface area (Å²) in [6.07, 6.45) is 2.38. The fraction of sp³-hybridized carbons (Fsp3) is 0.538. The molecule has 10 heteroatoms. The van der Waals surface area contributed by atoms with Crippen molar-refractivity contribution in [2.75, 3.05) is 6.54 Å². The fourth-order valence-corrected chi connectivity index (χ4v) is 4.98. The second kappa shape index (κ2) is 7.76. The molecule has 2 rings (SSSR count). The molecule has 1 aromatic rings. The number of hydrogen-bond acceptors (Lipinski definition) is 5. The van der Waals surface area contributed by atoms with E-state index in [2.05, 4.69) is 0 Å². The Kier molecular flexibility index (Phi) is 6.79. The Hall–Kier alpha value is -0.930. The number of hydrogen-bond donors (Lipinski definition) is 1. The maximum absolute atomic E-state index is 12.8. The van der Waals surface area contributed by atoms with Crippen LogP contribution in [-0.4, -0.2) is 36.3 Å². The van der Waals surface area contributed by atoms with Crippen molar-refractivity contribution in [3.63, 3.8) is 0 Å². The molecule has 0 saturated carbocycles. The summed E-state index contributed by atoms with van der Waals surface area (Å²) in [6.45, 7) is 2.15. The number of nitrogens with two attached hydrogens (primary N) is 1. The van der Waals surface area contributed by atoms with Gasteiger partial charge in [-0.2, -0.15) is 4.31 Å². The molecule has 130 valence electrons. The van der Waals surface area contributed by atoms with Gasteiger partial charge in [-0.3, -0.25) is 10.1 Å². The van der Waals surface area contributed by atoms with Crippen molar-refractivity contribution in [2.45, 2.75) is 43.2 Å². The van der Waals surface area contributed by atoms with Crippen molar-refractivity contribution in [3.8, 4) is 0 Å². The number of nitrogens with zero attached hydrogens (tertiary/aromatic N) is 2. The highest BCUT2D eigenvalue weighted by Crippen LogP contribution is 2.32. The number of non-ortho nitro benzene ring substituents is 1. The van der Waals surface area contributed by atoms with Gasteiger partial charge in [-0.05, 0) is 25.8 Å². The fourth-order valence-electron chi connectivity index (χ4n) is 2.69. The monoisotopic (exact) mass is 383 g/mol. The van der Waals surface area contributed by atoms with Gasteiger partial charge in [0.1, 0.15) is 4.90 Å². The summed E-state index contributed by atoms with van der Waals surface area (Å²) < 4.78 is 27.0. The quantitative estimate of drug-likeness (QED) is 0.634. The molecule has 1 aliphatic rings. The topological polar surface area (TPSA) is 107 Å². The van der Waals surface area contributed by atoms with Crippen LogP contribution >= 0.6 is 24.0 Å². The molecule has 0 bridgehead atoms. The predicted molar refractivity (Wildman–Crippen MR) is 90.5 cm³/mol. The van der Waals surface area contributed by atoms with Crippen molar-refractivity contribution in [2.24, 2.45) is 5.73 Å². The number of nitro benzene ring substituents is 1. The van der Waals surface area contributed by atoms with E-state index in [1.807, 2.05) is 0 Å². The van der Waals surface area contributed by atoms with Gasteiger partial charge in [0.15, 0.2) is 0 Å². The third kappa shape index (κ3) is 4.13. The molecule has 1 heterocycles. The molecule has 1 saturated heterocycles. The highest BCUT2D eigenvalue weighted by atomic mass is 35.5. The van der Waals surface area contributed by atoms with E-state index in [9.17, 15) is 18.5 Å². The van der Waals surface area contributed by atoms with E-state index < -0.39 is 14.9 Å². The Morgan fingerprint density at radius 3 is 2.61 bits per heavy atom. The molecule has 2 unspecified atom stereocenters. The van der Waals surface area contributed by atoms with E-state index in [-0.39, 0.29) is 40.1 Å². The third-order valence-electron chi connectivity index (χ3n) is 3.82. The lowest BCUT2D eigenvalue weighted by Crippen LogP contribution is -2.51. The van der Waals surface area contributed by atoms with Crippen LogP contribution in [0.3, 0.4) is 0 Å². The molecule has 1 aliphatic heterocycles. The molecular weight excluding hydrogens is 365 g/mol. The van der Waals surface area contributed by atoms with E-state index in [4.69, 9.17) is 17.3 Å². The molecule has 0 aliphatic carbocycles. The summed E-state index contributed by atoms with van der Waals surface area (Å²) in [5.41, 5.74) is 5.66. The van der Waals surface area contributed by atoms with E-state index in [0.717, 1.165) is 25.0 Å². The Labute approximate surface area is 146 Å². The van der Waals surface area contributed by atoms with Crippen molar-refractivity contribution in [1.82, 2.24) is 4.31 Å². The molecule has 0 amide bonds. The number of halogens is 2. The molecule has 2 N–H and O–H groups in total. The maximum atomic E-state index is 12.8. The standard InChI is InChI=1S/C13H18ClN3O4S.ClH/c1-9(15)12-4-2-3-7-16(12)22(20,21)13-6-5-10(17(18)19)8-11(13)14;/h5-6,8-9,12H,2-4,7,15H2,1H3;1H. The van der Waals surface area contributed by atoms with Crippen LogP contribution < -0.4 is 5.73 Å². The summed E-state index contributed by atoms with van der Waals surface area (Å²) >= 11 is 5.96. The maximum Gasteiger partial charge on any atom is 0.271 e. The highest BCUT2D eigenvalue weighted by Gasteiger charge is 2.36. The normalized spacial score (nSPS) is 20.6. The van der Waals surface area contributed by atoms with Crippen LogP contribution in [0.15, 0.2) is 23.1 Å². The van der Waals surface area contributed by atoms with Crippen LogP contribution in [0.1, 0.15) is 26.2 Å². The van der Waals surface area contributed by atoms with Crippen molar-refractivity contribution < 1.29 is 13.3 Å². The first-order valence-electron chi connectivity index (χ1n) is 6.96. The zero-order valence-corrected chi connectivity index (χ0v) is 14.9. The Morgan fingerprint density at radius 1 is 1.43 bits per heavy atom. The van der Waals surface area contributed by atoms with Gasteiger partial charge in [-0.25, -0.2) is 8.42 Å². The number of piperidine rings is 1. The minimum Gasteiger partial charge on any atom is -0.326 e. The second-order valence-corrected chi connectivity index (χ2v) is 7.68. The van der Waals surface area contributed by atoms with Crippen LogP contribution in [0.25, 0.3) is 0 Å². The zero-order valence-electron chi connectivity index (χ0n) is 12.5. The number of sulfonamides is 1. The van der Waals surface area contributed by atoms with Crippen LogP contribution in [-0.2, 0) is 10.0 Å². The van der Waals surface area contributed by atoms with Crippen LogP contribution in [0, 0.1) is 10.1 Å². The number of benzene rings is 1. The van der Waals surface area contributed by atoms with Gasteiger partial charge in [0, 0.05) is 30.8 Å². The largest absolute Gasteiger partial charge is 0.326 e. The summed E-state index contributed by atoms with van der Waals surface area (Å²) in [7, 11) is -3.83. The average Bonchev–Trinajstić information content (AvgIpc) is 2.46. The Balaban J connectivity index is 0.00000264. The molecule has 0 spiro atoms. The molecule has 0 radical (unpaired) electrons. The Bertz CT molecular complexity index is 682. The third-order valence-corrected chi connectivity index (χ3v) is 6.23. The van der Waals surface area contributed by atoms with Gasteiger partial charge in [-0.15, -0.1) is 12.4 Å². The van der Waals surface area contributed by atoms with E-state index in [0.29, 0.717) is 13.0 Å². The minimum atomic E-state index is -3.83. The van der Waals surface area contributed by atoms with Crippen molar-refractivity contribution >= 4 is 39.7 Å². The van der Waals surface area contributed by atoms with E-state index in [1.54, 1.807) is 6.92 Å². The van der Waals surface area contributed by atoms with Crippen LogP contribution in [0.2, 0.25) is 5.02 Å². The first-order chi connectivity index (χ1) is 10.2. The van der Waals surface area contributed by atoms with Crippen molar-refractivity contribution in [1.29, 1.82) is 0 Å². The van der Waals surface area contributed by atoms with Gasteiger partial charge < -0.3 is 5.73 Å². The highest BCUT2D eigenvalue weighted by molar-refractivity contribution is 7.89. The minimum absolute atomic E-state index is 0. The van der Waals surface area contributed by atoms with Gasteiger partial charge in [0.05, 0.1) is 9.95 Å². The Morgan fingerprint density at radius 2 is 2.09 bits per heavy atom. The van der Waals surface area contributed by atoms with Crippen LogP contribution in [0.5, 0.6) is 0 Å². The molecule has 7 nitrogen and oxygen atoms in total. The van der Waals surface area contributed by atoms with Gasteiger partial charge in [0.2, 0.25) is 10.0 Å². The van der Waals surface area contributed by atoms with Gasteiger partial charge >= 0.3 is 0 Å². The molecule has 23 heavy (non-hydrogen) atoms. The number of nitro groups is 1. The first-order valence-corrected chi connectivity index (χ1v) is 8.78. The summed E-state index contributed by atoms with van der Waals surface area (Å²) in [5, 5.41) is 10.6. The van der Waals surface area contributed by atoms with E-state index in [1.165, 1.54) is 10.4 Å². The molecule has 1 fully saturated rings. The number of rotatable bonds is 4. The molecule has 0 aromatic heterocycles. The molecular formula is C13H19Cl2N3O4S. The van der Waals surface area contributed by atoms with Crippen molar-refractivity contribution in [3.05, 3.63) is 33.3 Å². The summed E-state index contributed by atoms with van der Waals surface area (Å²) in [4.78, 5) is 9.99. The van der Waals surface area contributed by atoms with Gasteiger partial charge in [-0.1, -0.05) is 18.0 Å². The molecule has 1 aromatic carbocycles. The predicted octanol–water partition coefficient (Wildman–Crippen LogP) is 2.56. The smallest absolute Gasteiger partial charge is 0.271 e. The SMILES string of the molecule is CC(N)C1CCCCN1S(=O)(=O)c1ccc([N+](=O)[O-])cc1Cl.Cl. The lowest BCUT2D eigenvalue weighted by Gasteiger charge is -2.37. The average molecular weight is 384 g/mol. The van der Waals surface area contributed by atoms with Gasteiger partial charge in [0.25, 0.3) is 5.69 Å². The lowest BCUT2D eigenvalue weighted by molar-refractivity contribution is -0.384. The summed E-state index contributed by atoms with van der Waals surface area (Å²) in [6, 6.07) is 2.79. The summed E-state index contributed by atoms with van der Waals surface area (Å²) in [5.74, 6) is 0.